The van der Waals surface area contributed by atoms with Gasteiger partial charge in [-0.1, -0.05) is 12.1 Å². The quantitative estimate of drug-likeness (QED) is 0.749. The summed E-state index contributed by atoms with van der Waals surface area (Å²) < 4.78 is 15.0. The van der Waals surface area contributed by atoms with E-state index in [0.29, 0.717) is 18.8 Å². The van der Waals surface area contributed by atoms with Crippen LogP contribution in [0.4, 0.5) is 0 Å². The summed E-state index contributed by atoms with van der Waals surface area (Å²) in [5, 5.41) is 9.53. The summed E-state index contributed by atoms with van der Waals surface area (Å²) in [4.78, 5) is 11.5. The van der Waals surface area contributed by atoms with Crippen LogP contribution in [0.25, 0.3) is 0 Å². The molecule has 1 unspecified atom stereocenters. The van der Waals surface area contributed by atoms with Gasteiger partial charge in [-0.3, -0.25) is 4.79 Å². The van der Waals surface area contributed by atoms with E-state index in [1.54, 1.807) is 25.3 Å². The predicted molar refractivity (Wildman–Crippen MR) is 65.6 cm³/mol. The molecule has 0 aliphatic carbocycles. The van der Waals surface area contributed by atoms with Gasteiger partial charge in [0.15, 0.2) is 11.5 Å². The molecule has 1 atom stereocenters. The molecule has 18 heavy (non-hydrogen) atoms. The summed E-state index contributed by atoms with van der Waals surface area (Å²) in [5.74, 6) is -0.353. The molecule has 0 amide bonds. The van der Waals surface area contributed by atoms with Gasteiger partial charge < -0.3 is 19.3 Å². The number of methoxy groups -OCH3 is 2. The number of carbonyl (C=O) groups excluding carboxylic acids is 1. The first-order valence-electron chi connectivity index (χ1n) is 5.66. The topological polar surface area (TPSA) is 65.0 Å². The number of aromatic hydroxyl groups is 1. The highest BCUT2D eigenvalue weighted by Gasteiger charge is 2.20. The lowest BCUT2D eigenvalue weighted by Crippen LogP contribution is -2.24. The van der Waals surface area contributed by atoms with Crippen LogP contribution < -0.4 is 4.74 Å². The minimum absolute atomic E-state index is 0.0489. The Hall–Kier alpha value is -1.75. The normalized spacial score (nSPS) is 11.9. The maximum absolute atomic E-state index is 11.5. The highest BCUT2D eigenvalue weighted by Crippen LogP contribution is 2.25. The molecule has 0 spiro atoms. The smallest absolute Gasteiger partial charge is 0.312 e. The molecular weight excluding hydrogens is 236 g/mol. The van der Waals surface area contributed by atoms with Crippen molar-refractivity contribution in [2.75, 3.05) is 27.4 Å². The molecule has 0 heterocycles. The lowest BCUT2D eigenvalue weighted by molar-refractivity contribution is -0.147. The van der Waals surface area contributed by atoms with Gasteiger partial charge in [-0.25, -0.2) is 0 Å². The Morgan fingerprint density at radius 1 is 1.33 bits per heavy atom. The van der Waals surface area contributed by atoms with E-state index in [1.165, 1.54) is 13.2 Å². The zero-order chi connectivity index (χ0) is 13.4. The molecule has 0 aliphatic heterocycles. The molecular formula is C13H18O5. The Labute approximate surface area is 106 Å². The van der Waals surface area contributed by atoms with E-state index >= 15 is 0 Å². The molecule has 0 aliphatic rings. The second-order valence-corrected chi connectivity index (χ2v) is 3.78. The van der Waals surface area contributed by atoms with Crippen LogP contribution in [0.2, 0.25) is 0 Å². The number of esters is 1. The van der Waals surface area contributed by atoms with Crippen LogP contribution in [-0.2, 0) is 14.3 Å². The van der Waals surface area contributed by atoms with E-state index in [0.717, 1.165) is 0 Å². The maximum atomic E-state index is 11.5. The first-order valence-corrected chi connectivity index (χ1v) is 5.66. The van der Waals surface area contributed by atoms with Crippen LogP contribution in [0.15, 0.2) is 24.3 Å². The standard InChI is InChI=1S/C13H18O5/c1-16-8-7-10(13(15)17-2)9-18-12-6-4-3-5-11(12)14/h3-6,10,14H,7-9H2,1-2H3. The van der Waals surface area contributed by atoms with E-state index in [2.05, 4.69) is 0 Å². The van der Waals surface area contributed by atoms with Crippen molar-refractivity contribution in [3.8, 4) is 11.5 Å². The summed E-state index contributed by atoms with van der Waals surface area (Å²) in [6, 6.07) is 6.61. The molecule has 1 N–H and O–H groups in total. The number of carbonyl (C=O) groups is 1. The SMILES string of the molecule is COCCC(COc1ccccc1O)C(=O)OC. The number of phenols is 1. The Balaban J connectivity index is 2.56. The van der Waals surface area contributed by atoms with E-state index < -0.39 is 5.92 Å². The number of benzene rings is 1. The average molecular weight is 254 g/mol. The van der Waals surface area contributed by atoms with Gasteiger partial charge in [0.1, 0.15) is 6.61 Å². The van der Waals surface area contributed by atoms with Crippen molar-refractivity contribution >= 4 is 5.97 Å². The van der Waals surface area contributed by atoms with Crippen molar-refractivity contribution in [3.05, 3.63) is 24.3 Å². The van der Waals surface area contributed by atoms with Crippen LogP contribution in [0.5, 0.6) is 11.5 Å². The number of phenolic OH excluding ortho intramolecular Hbond substituents is 1. The molecule has 5 heteroatoms. The molecule has 1 rings (SSSR count). The third-order valence-corrected chi connectivity index (χ3v) is 2.51. The second kappa shape index (κ2) is 7.55. The molecule has 0 saturated heterocycles. The zero-order valence-corrected chi connectivity index (χ0v) is 10.6. The minimum atomic E-state index is -0.408. The van der Waals surface area contributed by atoms with Crippen LogP contribution in [0.3, 0.4) is 0 Å². The van der Waals surface area contributed by atoms with Crippen molar-refractivity contribution in [2.45, 2.75) is 6.42 Å². The van der Waals surface area contributed by atoms with Crippen LogP contribution in [0.1, 0.15) is 6.42 Å². The Morgan fingerprint density at radius 3 is 2.67 bits per heavy atom. The number of hydrogen-bond donors (Lipinski definition) is 1. The molecule has 100 valence electrons. The van der Waals surface area contributed by atoms with E-state index in [9.17, 15) is 9.90 Å². The van der Waals surface area contributed by atoms with E-state index in [1.807, 2.05) is 0 Å². The zero-order valence-electron chi connectivity index (χ0n) is 10.6. The van der Waals surface area contributed by atoms with Crippen LogP contribution in [0, 0.1) is 5.92 Å². The molecule has 0 radical (unpaired) electrons. The first kappa shape index (κ1) is 14.3. The van der Waals surface area contributed by atoms with Crippen molar-refractivity contribution in [3.63, 3.8) is 0 Å². The second-order valence-electron chi connectivity index (χ2n) is 3.78. The summed E-state index contributed by atoms with van der Waals surface area (Å²) in [5.41, 5.74) is 0. The summed E-state index contributed by atoms with van der Waals surface area (Å²) >= 11 is 0. The summed E-state index contributed by atoms with van der Waals surface area (Å²) in [6.07, 6.45) is 0.511. The van der Waals surface area contributed by atoms with Gasteiger partial charge in [-0.05, 0) is 18.6 Å². The average Bonchev–Trinajstić information content (AvgIpc) is 2.40. The molecule has 0 aromatic heterocycles. The summed E-state index contributed by atoms with van der Waals surface area (Å²) in [7, 11) is 2.90. The lowest BCUT2D eigenvalue weighted by atomic mass is 10.1. The molecule has 0 saturated carbocycles. The number of rotatable bonds is 7. The fourth-order valence-electron chi connectivity index (χ4n) is 1.47. The Kier molecular flexibility index (Phi) is 6.00. The van der Waals surface area contributed by atoms with Crippen molar-refractivity contribution < 1.29 is 24.1 Å². The van der Waals surface area contributed by atoms with Gasteiger partial charge in [-0.2, -0.15) is 0 Å². The first-order chi connectivity index (χ1) is 8.69. The molecule has 0 fully saturated rings. The Bertz CT molecular complexity index is 377. The number of ether oxygens (including phenoxy) is 3. The van der Waals surface area contributed by atoms with E-state index in [-0.39, 0.29) is 18.3 Å². The van der Waals surface area contributed by atoms with Gasteiger partial charge in [0.05, 0.1) is 13.0 Å². The van der Waals surface area contributed by atoms with E-state index in [4.69, 9.17) is 14.2 Å². The molecule has 0 bridgehead atoms. The van der Waals surface area contributed by atoms with Gasteiger partial charge >= 0.3 is 5.97 Å². The summed E-state index contributed by atoms with van der Waals surface area (Å²) in [6.45, 7) is 0.595. The largest absolute Gasteiger partial charge is 0.504 e. The van der Waals surface area contributed by atoms with Gasteiger partial charge in [0.25, 0.3) is 0 Å². The Morgan fingerprint density at radius 2 is 2.06 bits per heavy atom. The predicted octanol–water partition coefficient (Wildman–Crippen LogP) is 1.60. The molecule has 1 aromatic rings. The van der Waals surface area contributed by atoms with Crippen LogP contribution in [-0.4, -0.2) is 38.5 Å². The number of para-hydroxylation sites is 2. The van der Waals surface area contributed by atoms with Crippen molar-refractivity contribution in [1.82, 2.24) is 0 Å². The number of hydrogen-bond acceptors (Lipinski definition) is 5. The van der Waals surface area contributed by atoms with Crippen LogP contribution >= 0.6 is 0 Å². The minimum Gasteiger partial charge on any atom is -0.504 e. The third kappa shape index (κ3) is 4.25. The lowest BCUT2D eigenvalue weighted by Gasteiger charge is -2.15. The molecule has 5 nitrogen and oxygen atoms in total. The van der Waals surface area contributed by atoms with Crippen molar-refractivity contribution in [1.29, 1.82) is 0 Å². The van der Waals surface area contributed by atoms with Gasteiger partial charge in [0.2, 0.25) is 0 Å². The fourth-order valence-corrected chi connectivity index (χ4v) is 1.47. The maximum Gasteiger partial charge on any atom is 0.312 e. The highest BCUT2D eigenvalue weighted by molar-refractivity contribution is 5.72. The molecule has 1 aromatic carbocycles. The van der Waals surface area contributed by atoms with Gasteiger partial charge in [-0.15, -0.1) is 0 Å². The monoisotopic (exact) mass is 254 g/mol. The third-order valence-electron chi connectivity index (χ3n) is 2.51. The van der Waals surface area contributed by atoms with Gasteiger partial charge in [0, 0.05) is 13.7 Å². The highest BCUT2D eigenvalue weighted by atomic mass is 16.5. The van der Waals surface area contributed by atoms with Crippen molar-refractivity contribution in [2.24, 2.45) is 5.92 Å². The fraction of sp³-hybridized carbons (Fsp3) is 0.462.